The normalized spacial score (nSPS) is 13.7. The van der Waals surface area contributed by atoms with Crippen molar-refractivity contribution in [2.24, 2.45) is 0 Å². The zero-order chi connectivity index (χ0) is 17.5. The van der Waals surface area contributed by atoms with Crippen molar-refractivity contribution in [3.05, 3.63) is 29.3 Å². The highest BCUT2D eigenvalue weighted by Crippen LogP contribution is 2.17. The molecule has 1 aromatic carbocycles. The van der Waals surface area contributed by atoms with Crippen LogP contribution in [0.2, 0.25) is 0 Å². The van der Waals surface area contributed by atoms with Gasteiger partial charge in [-0.25, -0.2) is 0 Å². The Hall–Kier alpha value is -1.60. The van der Waals surface area contributed by atoms with Gasteiger partial charge in [0.05, 0.1) is 5.75 Å². The van der Waals surface area contributed by atoms with Crippen LogP contribution in [0.1, 0.15) is 24.0 Å². The lowest BCUT2D eigenvalue weighted by molar-refractivity contribution is -0.144. The topological polar surface area (TPSA) is 58.6 Å². The van der Waals surface area contributed by atoms with E-state index in [0.29, 0.717) is 0 Å². The number of anilines is 1. The Morgan fingerprint density at radius 3 is 2.67 bits per heavy atom. The number of amides is 1. The van der Waals surface area contributed by atoms with Gasteiger partial charge in [0.25, 0.3) is 5.91 Å². The summed E-state index contributed by atoms with van der Waals surface area (Å²) in [7, 11) is 0. The van der Waals surface area contributed by atoms with Gasteiger partial charge in [-0.15, -0.1) is 0 Å². The van der Waals surface area contributed by atoms with Gasteiger partial charge in [-0.05, 0) is 38.3 Å². The number of thioether (sulfide) groups is 1. The lowest BCUT2D eigenvalue weighted by Gasteiger charge is -2.17. The summed E-state index contributed by atoms with van der Waals surface area (Å²) in [4.78, 5) is 25.7. The smallest absolute Gasteiger partial charge is 0.316 e. The molecule has 130 valence electrons. The number of carbonyl (C=O) groups is 2. The molecule has 0 aliphatic carbocycles. The molecule has 0 radical (unpaired) electrons. The minimum absolute atomic E-state index is 0.131. The number of esters is 1. The first kappa shape index (κ1) is 18.7. The number of nitrogens with zero attached hydrogens (tertiary/aromatic N) is 1. The van der Waals surface area contributed by atoms with E-state index in [9.17, 15) is 9.59 Å². The van der Waals surface area contributed by atoms with E-state index in [1.165, 1.54) is 11.8 Å². The Labute approximate surface area is 152 Å². The quantitative estimate of drug-likeness (QED) is 0.639. The number of rotatable bonds is 5. The highest BCUT2D eigenvalue weighted by molar-refractivity contribution is 8.23. The Balaban J connectivity index is 1.69. The van der Waals surface area contributed by atoms with E-state index in [1.807, 2.05) is 32.0 Å². The van der Waals surface area contributed by atoms with Gasteiger partial charge < -0.3 is 15.0 Å². The molecule has 1 amide bonds. The number of carbonyl (C=O) groups excluding carboxylic acids is 2. The fourth-order valence-corrected chi connectivity index (χ4v) is 3.49. The molecule has 0 unspecified atom stereocenters. The average molecular weight is 367 g/mol. The van der Waals surface area contributed by atoms with Gasteiger partial charge in [-0.3, -0.25) is 9.59 Å². The predicted molar refractivity (Wildman–Crippen MR) is 101 cm³/mol. The Bertz CT molecular complexity index is 628. The van der Waals surface area contributed by atoms with Crippen molar-refractivity contribution >= 4 is 45.9 Å². The maximum Gasteiger partial charge on any atom is 0.316 e. The molecule has 0 saturated carbocycles. The second-order valence-electron chi connectivity index (χ2n) is 5.78. The highest BCUT2D eigenvalue weighted by Gasteiger charge is 2.17. The number of aryl methyl sites for hydroxylation is 2. The van der Waals surface area contributed by atoms with Gasteiger partial charge in [-0.1, -0.05) is 41.7 Å². The molecule has 1 aliphatic rings. The van der Waals surface area contributed by atoms with E-state index in [-0.39, 0.29) is 18.3 Å². The van der Waals surface area contributed by atoms with Crippen molar-refractivity contribution in [3.8, 4) is 0 Å². The number of nitrogens with one attached hydrogen (secondary N) is 1. The van der Waals surface area contributed by atoms with Crippen LogP contribution < -0.4 is 5.32 Å². The van der Waals surface area contributed by atoms with Crippen LogP contribution in [0.15, 0.2) is 18.2 Å². The van der Waals surface area contributed by atoms with E-state index >= 15 is 0 Å². The van der Waals surface area contributed by atoms with Gasteiger partial charge in [0.15, 0.2) is 6.61 Å². The summed E-state index contributed by atoms with van der Waals surface area (Å²) in [6.07, 6.45) is 2.29. The third kappa shape index (κ3) is 5.79. The third-order valence-corrected chi connectivity index (χ3v) is 5.19. The second kappa shape index (κ2) is 9.03. The summed E-state index contributed by atoms with van der Waals surface area (Å²) in [6.45, 7) is 5.54. The summed E-state index contributed by atoms with van der Waals surface area (Å²) in [5.41, 5.74) is 2.83. The van der Waals surface area contributed by atoms with Crippen LogP contribution in [-0.4, -0.2) is 46.5 Å². The largest absolute Gasteiger partial charge is 0.455 e. The van der Waals surface area contributed by atoms with E-state index in [4.69, 9.17) is 17.0 Å². The number of benzene rings is 1. The van der Waals surface area contributed by atoms with Crippen LogP contribution in [0.4, 0.5) is 5.69 Å². The molecule has 1 N–H and O–H groups in total. The molecule has 1 fully saturated rings. The van der Waals surface area contributed by atoms with E-state index in [0.717, 1.165) is 47.1 Å². The molecule has 2 rings (SSSR count). The molecule has 5 nitrogen and oxygen atoms in total. The van der Waals surface area contributed by atoms with Gasteiger partial charge in [0.2, 0.25) is 0 Å². The molecule has 24 heavy (non-hydrogen) atoms. The van der Waals surface area contributed by atoms with Crippen molar-refractivity contribution in [1.29, 1.82) is 0 Å². The summed E-state index contributed by atoms with van der Waals surface area (Å²) >= 11 is 6.57. The van der Waals surface area contributed by atoms with E-state index in [2.05, 4.69) is 10.2 Å². The van der Waals surface area contributed by atoms with Crippen molar-refractivity contribution in [2.75, 3.05) is 30.8 Å². The van der Waals surface area contributed by atoms with Crippen LogP contribution in [0, 0.1) is 13.8 Å². The number of hydrogen-bond donors (Lipinski definition) is 1. The fourth-order valence-electron chi connectivity index (χ4n) is 2.44. The molecular formula is C17H22N2O3S2. The summed E-state index contributed by atoms with van der Waals surface area (Å²) in [5, 5.41) is 2.75. The Morgan fingerprint density at radius 1 is 1.29 bits per heavy atom. The maximum atomic E-state index is 11.9. The van der Waals surface area contributed by atoms with Crippen LogP contribution >= 0.6 is 24.0 Å². The van der Waals surface area contributed by atoms with Crippen molar-refractivity contribution in [2.45, 2.75) is 26.7 Å². The van der Waals surface area contributed by atoms with Crippen LogP contribution in [0.25, 0.3) is 0 Å². The molecule has 0 bridgehead atoms. The maximum absolute atomic E-state index is 11.9. The number of ether oxygens (including phenoxy) is 1. The number of hydrogen-bond acceptors (Lipinski definition) is 5. The first-order valence-corrected chi connectivity index (χ1v) is 9.29. The van der Waals surface area contributed by atoms with Crippen LogP contribution in [0.5, 0.6) is 0 Å². The van der Waals surface area contributed by atoms with Crippen LogP contribution in [-0.2, 0) is 14.3 Å². The first-order valence-electron chi connectivity index (χ1n) is 7.90. The SMILES string of the molecule is Cc1ccc(NC(=O)COC(=O)CSC(=S)N2CCCC2)c(C)c1. The zero-order valence-electron chi connectivity index (χ0n) is 14.0. The Kier molecular flexibility index (Phi) is 7.05. The van der Waals surface area contributed by atoms with Gasteiger partial charge in [0.1, 0.15) is 4.32 Å². The molecule has 0 aromatic heterocycles. The predicted octanol–water partition coefficient (Wildman–Crippen LogP) is 2.90. The first-order chi connectivity index (χ1) is 11.5. The standard InChI is InChI=1S/C17H22N2O3S2/c1-12-5-6-14(13(2)9-12)18-15(20)10-22-16(21)11-24-17(23)19-7-3-4-8-19/h5-6,9H,3-4,7-8,10-11H2,1-2H3,(H,18,20). The minimum Gasteiger partial charge on any atom is -0.455 e. The molecule has 7 heteroatoms. The summed E-state index contributed by atoms with van der Waals surface area (Å²) < 4.78 is 5.73. The lowest BCUT2D eigenvalue weighted by Crippen LogP contribution is -2.25. The zero-order valence-corrected chi connectivity index (χ0v) is 15.6. The molecule has 1 saturated heterocycles. The van der Waals surface area contributed by atoms with Gasteiger partial charge in [0, 0.05) is 18.8 Å². The number of thiocarbonyl (C=S) groups is 1. The van der Waals surface area contributed by atoms with Gasteiger partial charge >= 0.3 is 5.97 Å². The van der Waals surface area contributed by atoms with Crippen molar-refractivity contribution < 1.29 is 14.3 Å². The monoisotopic (exact) mass is 366 g/mol. The second-order valence-corrected chi connectivity index (χ2v) is 7.39. The lowest BCUT2D eigenvalue weighted by atomic mass is 10.1. The minimum atomic E-state index is -0.433. The molecular weight excluding hydrogens is 344 g/mol. The Morgan fingerprint density at radius 2 is 2.00 bits per heavy atom. The summed E-state index contributed by atoms with van der Waals surface area (Å²) in [6, 6.07) is 5.75. The molecule has 0 atom stereocenters. The fraction of sp³-hybridized carbons (Fsp3) is 0.471. The van der Waals surface area contributed by atoms with Crippen LogP contribution in [0.3, 0.4) is 0 Å². The van der Waals surface area contributed by atoms with E-state index in [1.54, 1.807) is 0 Å². The molecule has 0 spiro atoms. The average Bonchev–Trinajstić information content (AvgIpc) is 3.08. The molecule has 1 aliphatic heterocycles. The third-order valence-electron chi connectivity index (χ3n) is 3.70. The summed E-state index contributed by atoms with van der Waals surface area (Å²) in [5.74, 6) is -0.647. The molecule has 1 heterocycles. The molecule has 1 aromatic rings. The number of likely N-dealkylation sites (tertiary alicyclic amines) is 1. The highest BCUT2D eigenvalue weighted by atomic mass is 32.2. The van der Waals surface area contributed by atoms with Crippen molar-refractivity contribution in [1.82, 2.24) is 4.90 Å². The van der Waals surface area contributed by atoms with Crippen molar-refractivity contribution in [3.63, 3.8) is 0 Å². The van der Waals surface area contributed by atoms with E-state index < -0.39 is 5.97 Å². The van der Waals surface area contributed by atoms with Gasteiger partial charge in [-0.2, -0.15) is 0 Å².